The average molecular weight is 472 g/mol. The highest BCUT2D eigenvalue weighted by molar-refractivity contribution is 5.90. The summed E-state index contributed by atoms with van der Waals surface area (Å²) in [6, 6.07) is 18.3. The molecule has 0 saturated carbocycles. The van der Waals surface area contributed by atoms with E-state index in [9.17, 15) is 14.4 Å². The van der Waals surface area contributed by atoms with Crippen molar-refractivity contribution in [3.8, 4) is 11.5 Å². The Morgan fingerprint density at radius 2 is 1.91 bits per heavy atom. The molecule has 0 radical (unpaired) electrons. The van der Waals surface area contributed by atoms with Gasteiger partial charge in [-0.3, -0.25) is 14.4 Å². The van der Waals surface area contributed by atoms with E-state index in [1.54, 1.807) is 24.4 Å². The lowest BCUT2D eigenvalue weighted by Crippen LogP contribution is -2.26. The number of carbonyl (C=O) groups is 2. The minimum absolute atomic E-state index is 0.189. The van der Waals surface area contributed by atoms with Crippen molar-refractivity contribution in [1.29, 1.82) is 0 Å². The van der Waals surface area contributed by atoms with E-state index in [0.717, 1.165) is 5.52 Å². The Balaban J connectivity index is 1.45. The van der Waals surface area contributed by atoms with E-state index in [2.05, 4.69) is 15.3 Å². The number of aromatic nitrogens is 3. The molecule has 2 heterocycles. The van der Waals surface area contributed by atoms with E-state index >= 15 is 0 Å². The quantitative estimate of drug-likeness (QED) is 0.240. The first-order chi connectivity index (χ1) is 17.0. The fraction of sp³-hybridized carbons (Fsp3) is 0.154. The molecule has 9 nitrogen and oxygen atoms in total. The van der Waals surface area contributed by atoms with Crippen LogP contribution >= 0.6 is 0 Å². The van der Waals surface area contributed by atoms with Crippen molar-refractivity contribution in [3.63, 3.8) is 0 Å². The van der Waals surface area contributed by atoms with Crippen molar-refractivity contribution < 1.29 is 14.3 Å². The Labute approximate surface area is 201 Å². The number of carbonyl (C=O) groups excluding carboxylic acids is 2. The molecule has 0 aliphatic carbocycles. The highest BCUT2D eigenvalue weighted by atomic mass is 16.5. The molecular weight excluding hydrogens is 446 g/mol. The summed E-state index contributed by atoms with van der Waals surface area (Å²) in [5.74, 6) is 1.08. The number of nitrogens with two attached hydrogens (primary N) is 1. The summed E-state index contributed by atoms with van der Waals surface area (Å²) in [5.41, 5.74) is 6.33. The SMILES string of the molecule is NC(=O)/C=C/CCCC(=O)Nc1cccn(Cc2nc3c(Oc4ccccc4)cccc3[nH]2)c1=O. The van der Waals surface area contributed by atoms with E-state index < -0.39 is 5.91 Å². The van der Waals surface area contributed by atoms with Crippen LogP contribution in [0.15, 0.2) is 83.8 Å². The third kappa shape index (κ3) is 6.23. The summed E-state index contributed by atoms with van der Waals surface area (Å²) in [5, 5.41) is 2.66. The van der Waals surface area contributed by atoms with Crippen molar-refractivity contribution in [2.24, 2.45) is 5.73 Å². The van der Waals surface area contributed by atoms with Gasteiger partial charge in [0.1, 0.15) is 22.8 Å². The van der Waals surface area contributed by atoms with Gasteiger partial charge in [0.15, 0.2) is 5.75 Å². The van der Waals surface area contributed by atoms with Crippen LogP contribution in [-0.4, -0.2) is 26.3 Å². The molecule has 2 aromatic carbocycles. The predicted molar refractivity (Wildman–Crippen MR) is 133 cm³/mol. The van der Waals surface area contributed by atoms with Crippen LogP contribution in [0.2, 0.25) is 0 Å². The Kier molecular flexibility index (Phi) is 7.37. The first-order valence-corrected chi connectivity index (χ1v) is 11.2. The van der Waals surface area contributed by atoms with Crippen LogP contribution in [0.5, 0.6) is 11.5 Å². The van der Waals surface area contributed by atoms with Gasteiger partial charge in [-0.2, -0.15) is 0 Å². The minimum Gasteiger partial charge on any atom is -0.455 e. The lowest BCUT2D eigenvalue weighted by Gasteiger charge is -2.08. The van der Waals surface area contributed by atoms with Crippen LogP contribution in [0.25, 0.3) is 11.0 Å². The molecule has 0 aliphatic rings. The summed E-state index contributed by atoms with van der Waals surface area (Å²) in [6.07, 6.45) is 5.81. The number of H-pyrrole nitrogens is 1. The Morgan fingerprint density at radius 3 is 2.71 bits per heavy atom. The molecule has 0 saturated heterocycles. The lowest BCUT2D eigenvalue weighted by molar-refractivity contribution is -0.116. The maximum Gasteiger partial charge on any atom is 0.274 e. The molecule has 0 fully saturated rings. The topological polar surface area (TPSA) is 132 Å². The summed E-state index contributed by atoms with van der Waals surface area (Å²) in [7, 11) is 0. The largest absolute Gasteiger partial charge is 0.455 e. The number of ether oxygens (including phenoxy) is 1. The van der Waals surface area contributed by atoms with Crippen LogP contribution in [0.3, 0.4) is 0 Å². The van der Waals surface area contributed by atoms with Gasteiger partial charge in [-0.1, -0.05) is 30.3 Å². The fourth-order valence-electron chi connectivity index (χ4n) is 3.54. The number of hydrogen-bond acceptors (Lipinski definition) is 5. The van der Waals surface area contributed by atoms with E-state index in [-0.39, 0.29) is 30.1 Å². The number of benzene rings is 2. The summed E-state index contributed by atoms with van der Waals surface area (Å²) in [4.78, 5) is 43.7. The molecule has 4 rings (SSSR count). The van der Waals surface area contributed by atoms with Gasteiger partial charge >= 0.3 is 0 Å². The molecule has 2 aromatic heterocycles. The molecule has 0 atom stereocenters. The zero-order valence-electron chi connectivity index (χ0n) is 18.9. The van der Waals surface area contributed by atoms with Gasteiger partial charge in [-0.05, 0) is 55.3 Å². The highest BCUT2D eigenvalue weighted by Crippen LogP contribution is 2.28. The molecule has 0 spiro atoms. The molecule has 0 bridgehead atoms. The summed E-state index contributed by atoms with van der Waals surface area (Å²) < 4.78 is 7.45. The number of nitrogens with zero attached hydrogens (tertiary/aromatic N) is 2. The standard InChI is InChI=1S/C26H25N5O4/c27-22(32)14-5-2-6-15-24(33)29-20-12-8-16-31(26(20)34)17-23-28-19-11-7-13-21(25(19)30-23)35-18-9-3-1-4-10-18/h1,3-5,7-14,16H,2,6,15,17H2,(H2,27,32)(H,28,30)(H,29,33)/b14-5+. The normalized spacial score (nSPS) is 11.1. The van der Waals surface area contributed by atoms with Crippen molar-refractivity contribution >= 4 is 28.5 Å². The van der Waals surface area contributed by atoms with E-state index in [1.165, 1.54) is 10.6 Å². The van der Waals surface area contributed by atoms with E-state index in [0.29, 0.717) is 35.7 Å². The van der Waals surface area contributed by atoms with Crippen molar-refractivity contribution in [2.45, 2.75) is 25.8 Å². The Bertz CT molecular complexity index is 1420. The molecular formula is C26H25N5O4. The predicted octanol–water partition coefficient (Wildman–Crippen LogP) is 3.72. The van der Waals surface area contributed by atoms with Crippen LogP contribution in [-0.2, 0) is 16.1 Å². The van der Waals surface area contributed by atoms with Crippen LogP contribution < -0.4 is 21.3 Å². The van der Waals surface area contributed by atoms with Crippen LogP contribution in [0.1, 0.15) is 25.1 Å². The van der Waals surface area contributed by atoms with Gasteiger partial charge in [0.2, 0.25) is 11.8 Å². The first-order valence-electron chi connectivity index (χ1n) is 11.2. The van der Waals surface area contributed by atoms with E-state index in [4.69, 9.17) is 10.5 Å². The number of fused-ring (bicyclic) bond motifs is 1. The molecule has 178 valence electrons. The zero-order chi connectivity index (χ0) is 24.6. The maximum atomic E-state index is 12.9. The number of rotatable bonds is 10. The number of hydrogen-bond donors (Lipinski definition) is 3. The Hall–Kier alpha value is -4.66. The number of nitrogens with one attached hydrogen (secondary N) is 2. The van der Waals surface area contributed by atoms with Gasteiger partial charge in [0, 0.05) is 12.6 Å². The number of anilines is 1. The highest BCUT2D eigenvalue weighted by Gasteiger charge is 2.12. The number of para-hydroxylation sites is 2. The molecule has 0 aliphatic heterocycles. The average Bonchev–Trinajstić information content (AvgIpc) is 3.25. The Morgan fingerprint density at radius 1 is 1.09 bits per heavy atom. The van der Waals surface area contributed by atoms with Crippen molar-refractivity contribution in [3.05, 3.63) is 95.2 Å². The monoisotopic (exact) mass is 471 g/mol. The van der Waals surface area contributed by atoms with Crippen molar-refractivity contribution in [2.75, 3.05) is 5.32 Å². The summed E-state index contributed by atoms with van der Waals surface area (Å²) in [6.45, 7) is 0.194. The van der Waals surface area contributed by atoms with E-state index in [1.807, 2.05) is 48.5 Å². The second-order valence-corrected chi connectivity index (χ2v) is 7.85. The van der Waals surface area contributed by atoms with Gasteiger partial charge in [-0.25, -0.2) is 4.98 Å². The zero-order valence-corrected chi connectivity index (χ0v) is 18.9. The van der Waals surface area contributed by atoms with Gasteiger partial charge in [-0.15, -0.1) is 0 Å². The third-order valence-electron chi connectivity index (χ3n) is 5.17. The molecule has 2 amide bonds. The number of pyridine rings is 1. The number of allylic oxidation sites excluding steroid dienone is 1. The van der Waals surface area contributed by atoms with Gasteiger partial charge < -0.3 is 25.3 Å². The van der Waals surface area contributed by atoms with Gasteiger partial charge in [0.25, 0.3) is 5.56 Å². The third-order valence-corrected chi connectivity index (χ3v) is 5.17. The number of aromatic amines is 1. The number of amides is 2. The minimum atomic E-state index is -0.524. The van der Waals surface area contributed by atoms with Crippen LogP contribution in [0, 0.1) is 0 Å². The first kappa shape index (κ1) is 23.5. The number of unbranched alkanes of at least 4 members (excludes halogenated alkanes) is 1. The smallest absolute Gasteiger partial charge is 0.274 e. The lowest BCUT2D eigenvalue weighted by atomic mass is 10.2. The maximum absolute atomic E-state index is 12.9. The second-order valence-electron chi connectivity index (χ2n) is 7.85. The van der Waals surface area contributed by atoms with Gasteiger partial charge in [0.05, 0.1) is 12.1 Å². The second kappa shape index (κ2) is 11.0. The number of primary amides is 1. The van der Waals surface area contributed by atoms with Crippen molar-refractivity contribution in [1.82, 2.24) is 14.5 Å². The number of imidazole rings is 1. The molecule has 9 heteroatoms. The summed E-state index contributed by atoms with van der Waals surface area (Å²) >= 11 is 0. The fourth-order valence-corrected chi connectivity index (χ4v) is 3.54. The molecule has 4 aromatic rings. The van der Waals surface area contributed by atoms with Crippen LogP contribution in [0.4, 0.5) is 5.69 Å². The molecule has 4 N–H and O–H groups in total. The molecule has 35 heavy (non-hydrogen) atoms. The molecule has 0 unspecified atom stereocenters.